The molecule has 2 rings (SSSR count). The molecule has 1 heterocycles. The lowest BCUT2D eigenvalue weighted by molar-refractivity contribution is 0.111. The van der Waals surface area contributed by atoms with Crippen molar-refractivity contribution in [1.82, 2.24) is 4.90 Å². The molecule has 0 saturated carbocycles. The Kier molecular flexibility index (Phi) is 2.81. The number of fused-ring (bicyclic) bond motifs is 1. The van der Waals surface area contributed by atoms with Crippen LogP contribution < -0.4 is 5.73 Å². The molecule has 0 fully saturated rings. The molecule has 1 aromatic rings. The third-order valence-electron chi connectivity index (χ3n) is 3.45. The molecule has 2 heteroatoms. The molecule has 0 bridgehead atoms. The van der Waals surface area contributed by atoms with Crippen LogP contribution in [0.5, 0.6) is 0 Å². The highest BCUT2D eigenvalue weighted by atomic mass is 15.2. The van der Waals surface area contributed by atoms with Crippen LogP contribution in [0.1, 0.15) is 31.4 Å². The lowest BCUT2D eigenvalue weighted by Crippen LogP contribution is -2.41. The number of rotatable bonds is 3. The van der Waals surface area contributed by atoms with E-state index in [-0.39, 0.29) is 5.54 Å². The molecule has 0 radical (unpaired) electrons. The Labute approximate surface area is 92.1 Å². The second kappa shape index (κ2) is 3.95. The highest BCUT2D eigenvalue weighted by Crippen LogP contribution is 2.30. The van der Waals surface area contributed by atoms with E-state index in [1.54, 1.807) is 0 Å². The van der Waals surface area contributed by atoms with E-state index in [0.717, 1.165) is 26.1 Å². The summed E-state index contributed by atoms with van der Waals surface area (Å²) >= 11 is 0. The Bertz CT molecular complexity index is 319. The molecule has 0 saturated heterocycles. The predicted molar refractivity (Wildman–Crippen MR) is 63.4 cm³/mol. The smallest absolute Gasteiger partial charge is 0.0245 e. The Morgan fingerprint density at radius 2 is 1.73 bits per heavy atom. The summed E-state index contributed by atoms with van der Waals surface area (Å²) in [6.07, 6.45) is 1.06. The largest absolute Gasteiger partial charge is 0.330 e. The molecular formula is C13H20N2. The Hall–Kier alpha value is -0.860. The first-order valence-electron chi connectivity index (χ1n) is 5.65. The normalized spacial score (nSPS) is 16.7. The molecule has 0 unspecified atom stereocenters. The number of hydrogen-bond donors (Lipinski definition) is 1. The number of hydrogen-bond acceptors (Lipinski definition) is 2. The summed E-state index contributed by atoms with van der Waals surface area (Å²) in [5.74, 6) is 0. The average molecular weight is 204 g/mol. The summed E-state index contributed by atoms with van der Waals surface area (Å²) in [7, 11) is 0. The van der Waals surface area contributed by atoms with Gasteiger partial charge in [-0.25, -0.2) is 0 Å². The van der Waals surface area contributed by atoms with Crippen LogP contribution in [0.4, 0.5) is 0 Å². The van der Waals surface area contributed by atoms with Gasteiger partial charge in [-0.2, -0.15) is 0 Å². The van der Waals surface area contributed by atoms with E-state index in [1.165, 1.54) is 11.1 Å². The lowest BCUT2D eigenvalue weighted by atomic mass is 9.98. The van der Waals surface area contributed by atoms with E-state index >= 15 is 0 Å². The fraction of sp³-hybridized carbons (Fsp3) is 0.538. The van der Waals surface area contributed by atoms with Crippen molar-refractivity contribution in [2.24, 2.45) is 5.73 Å². The van der Waals surface area contributed by atoms with Gasteiger partial charge in [0.25, 0.3) is 0 Å². The molecule has 0 spiro atoms. The van der Waals surface area contributed by atoms with Crippen molar-refractivity contribution >= 4 is 0 Å². The molecule has 1 aliphatic heterocycles. The van der Waals surface area contributed by atoms with Gasteiger partial charge < -0.3 is 5.73 Å². The van der Waals surface area contributed by atoms with Crippen molar-refractivity contribution in [3.05, 3.63) is 35.4 Å². The SMILES string of the molecule is CC(C)(CCN)N1Cc2ccccc2C1. The van der Waals surface area contributed by atoms with Crippen LogP contribution in [0, 0.1) is 0 Å². The number of nitrogens with two attached hydrogens (primary N) is 1. The van der Waals surface area contributed by atoms with E-state index in [4.69, 9.17) is 5.73 Å². The van der Waals surface area contributed by atoms with Gasteiger partial charge in [-0.15, -0.1) is 0 Å². The highest BCUT2D eigenvalue weighted by Gasteiger charge is 2.30. The molecule has 0 amide bonds. The molecule has 1 aromatic carbocycles. The predicted octanol–water partition coefficient (Wildman–Crippen LogP) is 2.13. The first-order valence-corrected chi connectivity index (χ1v) is 5.65. The maximum absolute atomic E-state index is 5.66. The van der Waals surface area contributed by atoms with Crippen molar-refractivity contribution in [2.75, 3.05) is 6.54 Å². The number of nitrogens with zero attached hydrogens (tertiary/aromatic N) is 1. The molecule has 0 atom stereocenters. The first kappa shape index (κ1) is 10.7. The maximum Gasteiger partial charge on any atom is 0.0245 e. The molecule has 0 aromatic heterocycles. The zero-order valence-corrected chi connectivity index (χ0v) is 9.66. The van der Waals surface area contributed by atoms with Gasteiger partial charge in [0.1, 0.15) is 0 Å². The minimum Gasteiger partial charge on any atom is -0.330 e. The van der Waals surface area contributed by atoms with Crippen molar-refractivity contribution in [2.45, 2.75) is 38.9 Å². The quantitative estimate of drug-likeness (QED) is 0.817. The van der Waals surface area contributed by atoms with Crippen LogP contribution in [0.2, 0.25) is 0 Å². The fourth-order valence-electron chi connectivity index (χ4n) is 2.27. The summed E-state index contributed by atoms with van der Waals surface area (Å²) in [6.45, 7) is 7.48. The van der Waals surface area contributed by atoms with Gasteiger partial charge in [0.15, 0.2) is 0 Å². The third-order valence-corrected chi connectivity index (χ3v) is 3.45. The van der Waals surface area contributed by atoms with Gasteiger partial charge in [0.05, 0.1) is 0 Å². The highest BCUT2D eigenvalue weighted by molar-refractivity contribution is 5.30. The lowest BCUT2D eigenvalue weighted by Gasteiger charge is -2.35. The average Bonchev–Trinajstić information content (AvgIpc) is 2.61. The topological polar surface area (TPSA) is 29.3 Å². The van der Waals surface area contributed by atoms with E-state index in [9.17, 15) is 0 Å². The van der Waals surface area contributed by atoms with Crippen LogP contribution in [0.25, 0.3) is 0 Å². The third kappa shape index (κ3) is 2.06. The van der Waals surface area contributed by atoms with Crippen LogP contribution in [-0.4, -0.2) is 17.0 Å². The van der Waals surface area contributed by atoms with Crippen LogP contribution >= 0.6 is 0 Å². The van der Waals surface area contributed by atoms with Crippen molar-refractivity contribution in [3.8, 4) is 0 Å². The molecule has 15 heavy (non-hydrogen) atoms. The standard InChI is InChI=1S/C13H20N2/c1-13(2,7-8-14)15-9-11-5-3-4-6-12(11)10-15/h3-6H,7-10,14H2,1-2H3. The van der Waals surface area contributed by atoms with E-state index in [1.807, 2.05) is 0 Å². The van der Waals surface area contributed by atoms with E-state index in [2.05, 4.69) is 43.0 Å². The van der Waals surface area contributed by atoms with Gasteiger partial charge in [-0.1, -0.05) is 24.3 Å². The fourth-order valence-corrected chi connectivity index (χ4v) is 2.27. The minimum atomic E-state index is 0.216. The first-order chi connectivity index (χ1) is 7.13. The van der Waals surface area contributed by atoms with E-state index < -0.39 is 0 Å². The van der Waals surface area contributed by atoms with Crippen molar-refractivity contribution in [1.29, 1.82) is 0 Å². The van der Waals surface area contributed by atoms with Gasteiger partial charge in [-0.05, 0) is 37.9 Å². The van der Waals surface area contributed by atoms with Gasteiger partial charge in [0, 0.05) is 18.6 Å². The molecule has 82 valence electrons. The maximum atomic E-state index is 5.66. The molecule has 2 N–H and O–H groups in total. The second-order valence-corrected chi connectivity index (χ2v) is 4.98. The van der Waals surface area contributed by atoms with Gasteiger partial charge in [-0.3, -0.25) is 4.90 Å². The molecule has 2 nitrogen and oxygen atoms in total. The van der Waals surface area contributed by atoms with Crippen molar-refractivity contribution in [3.63, 3.8) is 0 Å². The molecule has 0 aliphatic carbocycles. The summed E-state index contributed by atoms with van der Waals surface area (Å²) in [5, 5.41) is 0. The zero-order chi connectivity index (χ0) is 10.9. The van der Waals surface area contributed by atoms with Crippen LogP contribution in [-0.2, 0) is 13.1 Å². The molecular weight excluding hydrogens is 184 g/mol. The van der Waals surface area contributed by atoms with Crippen molar-refractivity contribution < 1.29 is 0 Å². The Balaban J connectivity index is 2.13. The minimum absolute atomic E-state index is 0.216. The Morgan fingerprint density at radius 1 is 1.20 bits per heavy atom. The van der Waals surface area contributed by atoms with Gasteiger partial charge in [0.2, 0.25) is 0 Å². The monoisotopic (exact) mass is 204 g/mol. The van der Waals surface area contributed by atoms with E-state index in [0.29, 0.717) is 0 Å². The van der Waals surface area contributed by atoms with Gasteiger partial charge >= 0.3 is 0 Å². The summed E-state index contributed by atoms with van der Waals surface area (Å²) in [6, 6.07) is 8.71. The summed E-state index contributed by atoms with van der Waals surface area (Å²) in [4.78, 5) is 2.52. The summed E-state index contributed by atoms with van der Waals surface area (Å²) < 4.78 is 0. The summed E-state index contributed by atoms with van der Waals surface area (Å²) in [5.41, 5.74) is 8.83. The van der Waals surface area contributed by atoms with Crippen LogP contribution in [0.15, 0.2) is 24.3 Å². The van der Waals surface area contributed by atoms with Crippen LogP contribution in [0.3, 0.4) is 0 Å². The Morgan fingerprint density at radius 3 is 2.20 bits per heavy atom. The number of benzene rings is 1. The molecule has 1 aliphatic rings. The second-order valence-electron chi connectivity index (χ2n) is 4.98. The zero-order valence-electron chi connectivity index (χ0n) is 9.66.